The van der Waals surface area contributed by atoms with Gasteiger partial charge in [-0.1, -0.05) is 0 Å². The van der Waals surface area contributed by atoms with E-state index in [1.165, 1.54) is 11.8 Å². The number of hydrogen-bond donors (Lipinski definition) is 1. The number of rotatable bonds is 6. The Morgan fingerprint density at radius 3 is 2.81 bits per heavy atom. The molecule has 0 bridgehead atoms. The van der Waals surface area contributed by atoms with Gasteiger partial charge in [-0.2, -0.15) is 0 Å². The second kappa shape index (κ2) is 6.94. The van der Waals surface area contributed by atoms with Gasteiger partial charge in [-0.15, -0.1) is 0 Å². The molecule has 0 aliphatic carbocycles. The third kappa shape index (κ3) is 4.09. The van der Waals surface area contributed by atoms with Crippen LogP contribution in [0.15, 0.2) is 18.2 Å². The Morgan fingerprint density at radius 2 is 2.10 bits per heavy atom. The molecule has 0 fully saturated rings. The van der Waals surface area contributed by atoms with Gasteiger partial charge in [0.25, 0.3) is 0 Å². The number of nitrogens with one attached hydrogen (secondary N) is 1. The summed E-state index contributed by atoms with van der Waals surface area (Å²) in [6, 6.07) is 5.14. The van der Waals surface area contributed by atoms with Crippen molar-refractivity contribution < 1.29 is 23.8 Å². The monoisotopic (exact) mass is 294 g/mol. The van der Waals surface area contributed by atoms with E-state index in [9.17, 15) is 9.59 Å². The summed E-state index contributed by atoms with van der Waals surface area (Å²) in [4.78, 5) is 24.8. The van der Waals surface area contributed by atoms with Gasteiger partial charge in [0.2, 0.25) is 18.6 Å². The van der Waals surface area contributed by atoms with Gasteiger partial charge in [0, 0.05) is 32.3 Å². The van der Waals surface area contributed by atoms with Gasteiger partial charge >= 0.3 is 0 Å². The first-order chi connectivity index (χ1) is 10.1. The van der Waals surface area contributed by atoms with E-state index in [0.29, 0.717) is 30.3 Å². The van der Waals surface area contributed by atoms with E-state index in [1.54, 1.807) is 25.3 Å². The number of carbonyl (C=O) groups is 2. The second-order valence-electron chi connectivity index (χ2n) is 4.55. The first-order valence-corrected chi connectivity index (χ1v) is 6.54. The van der Waals surface area contributed by atoms with Crippen LogP contribution in [0.3, 0.4) is 0 Å². The molecule has 2 amide bonds. The predicted molar refractivity (Wildman–Crippen MR) is 75.3 cm³/mol. The predicted octanol–water partition coefficient (Wildman–Crippen LogP) is 0.849. The quantitative estimate of drug-likeness (QED) is 0.841. The van der Waals surface area contributed by atoms with E-state index in [2.05, 4.69) is 5.32 Å². The Hall–Kier alpha value is -2.28. The molecule has 1 aliphatic rings. The Kier molecular flexibility index (Phi) is 4.99. The number of methoxy groups -OCH3 is 1. The number of amides is 2. The summed E-state index contributed by atoms with van der Waals surface area (Å²) in [6.07, 6.45) is 0. The molecule has 0 unspecified atom stereocenters. The molecule has 0 saturated heterocycles. The molecule has 1 aromatic rings. The maximum absolute atomic E-state index is 12.0. The SMILES string of the molecule is COCCN(CC(=O)Nc1ccc2c(c1)OCO2)C(C)=O. The maximum atomic E-state index is 12.0. The Labute approximate surface area is 122 Å². The van der Waals surface area contributed by atoms with E-state index in [1.807, 2.05) is 0 Å². The van der Waals surface area contributed by atoms with Gasteiger partial charge in [0.05, 0.1) is 13.2 Å². The molecule has 1 heterocycles. The molecule has 2 rings (SSSR count). The molecule has 0 spiro atoms. The smallest absolute Gasteiger partial charge is 0.243 e. The fourth-order valence-electron chi connectivity index (χ4n) is 1.90. The number of benzene rings is 1. The third-order valence-corrected chi connectivity index (χ3v) is 3.00. The molecular weight excluding hydrogens is 276 g/mol. The van der Waals surface area contributed by atoms with Crippen LogP contribution in [0.2, 0.25) is 0 Å². The fourth-order valence-corrected chi connectivity index (χ4v) is 1.90. The van der Waals surface area contributed by atoms with Crippen LogP contribution in [-0.4, -0.2) is 50.3 Å². The summed E-state index contributed by atoms with van der Waals surface area (Å²) in [5.41, 5.74) is 0.597. The van der Waals surface area contributed by atoms with Crippen LogP contribution in [0.1, 0.15) is 6.92 Å². The minimum atomic E-state index is -0.278. The van der Waals surface area contributed by atoms with Gasteiger partial charge < -0.3 is 24.4 Å². The summed E-state index contributed by atoms with van der Waals surface area (Å²) in [5.74, 6) is 0.794. The van der Waals surface area contributed by atoms with E-state index in [0.717, 1.165) is 0 Å². The third-order valence-electron chi connectivity index (χ3n) is 3.00. The molecule has 1 N–H and O–H groups in total. The van der Waals surface area contributed by atoms with Gasteiger partial charge in [-0.3, -0.25) is 9.59 Å². The lowest BCUT2D eigenvalue weighted by molar-refractivity contribution is -0.133. The highest BCUT2D eigenvalue weighted by Crippen LogP contribution is 2.34. The van der Waals surface area contributed by atoms with Crippen molar-refractivity contribution in [2.75, 3.05) is 38.9 Å². The van der Waals surface area contributed by atoms with Crippen molar-refractivity contribution in [3.63, 3.8) is 0 Å². The van der Waals surface area contributed by atoms with Crippen molar-refractivity contribution in [1.82, 2.24) is 4.90 Å². The molecule has 7 heteroatoms. The van der Waals surface area contributed by atoms with E-state index < -0.39 is 0 Å². The minimum absolute atomic E-state index is 0.0207. The van der Waals surface area contributed by atoms with E-state index in [4.69, 9.17) is 14.2 Å². The zero-order valence-electron chi connectivity index (χ0n) is 12.0. The average Bonchev–Trinajstić information content (AvgIpc) is 2.90. The topological polar surface area (TPSA) is 77.1 Å². The first kappa shape index (κ1) is 15.1. The number of anilines is 1. The zero-order valence-corrected chi connectivity index (χ0v) is 12.0. The van der Waals surface area contributed by atoms with Gasteiger partial charge in [0.15, 0.2) is 11.5 Å². The van der Waals surface area contributed by atoms with Gasteiger partial charge in [-0.25, -0.2) is 0 Å². The van der Waals surface area contributed by atoms with Crippen molar-refractivity contribution in [2.45, 2.75) is 6.92 Å². The summed E-state index contributed by atoms with van der Waals surface area (Å²) in [6.45, 7) is 2.34. The highest BCUT2D eigenvalue weighted by atomic mass is 16.7. The van der Waals surface area contributed by atoms with Crippen molar-refractivity contribution in [3.8, 4) is 11.5 Å². The molecule has 0 atom stereocenters. The summed E-state index contributed by atoms with van der Waals surface area (Å²) >= 11 is 0. The minimum Gasteiger partial charge on any atom is -0.454 e. The molecule has 114 valence electrons. The number of carbonyl (C=O) groups excluding carboxylic acids is 2. The number of fused-ring (bicyclic) bond motifs is 1. The lowest BCUT2D eigenvalue weighted by Gasteiger charge is -2.20. The van der Waals surface area contributed by atoms with Crippen LogP contribution in [0.25, 0.3) is 0 Å². The number of ether oxygens (including phenoxy) is 3. The molecule has 7 nitrogen and oxygen atoms in total. The van der Waals surface area contributed by atoms with Crippen LogP contribution in [0.4, 0.5) is 5.69 Å². The standard InChI is InChI=1S/C14H18N2O5/c1-10(17)16(5-6-19-2)8-14(18)15-11-3-4-12-13(7-11)21-9-20-12/h3-4,7H,5-6,8-9H2,1-2H3,(H,15,18). The molecule has 0 saturated carbocycles. The average molecular weight is 294 g/mol. The largest absolute Gasteiger partial charge is 0.454 e. The molecule has 0 radical (unpaired) electrons. The zero-order chi connectivity index (χ0) is 15.2. The molecule has 21 heavy (non-hydrogen) atoms. The van der Waals surface area contributed by atoms with Crippen LogP contribution in [0.5, 0.6) is 11.5 Å². The molecule has 1 aromatic carbocycles. The molecule has 0 aromatic heterocycles. The number of nitrogens with zero attached hydrogens (tertiary/aromatic N) is 1. The van der Waals surface area contributed by atoms with Crippen molar-refractivity contribution in [2.24, 2.45) is 0 Å². The summed E-state index contributed by atoms with van der Waals surface area (Å²) in [7, 11) is 1.55. The highest BCUT2D eigenvalue weighted by Gasteiger charge is 2.16. The number of hydrogen-bond acceptors (Lipinski definition) is 5. The van der Waals surface area contributed by atoms with Crippen molar-refractivity contribution in [3.05, 3.63) is 18.2 Å². The Bertz CT molecular complexity index is 532. The fraction of sp³-hybridized carbons (Fsp3) is 0.429. The molecular formula is C14H18N2O5. The normalized spacial score (nSPS) is 12.1. The van der Waals surface area contributed by atoms with Gasteiger partial charge in [0.1, 0.15) is 0 Å². The van der Waals surface area contributed by atoms with Crippen LogP contribution in [0, 0.1) is 0 Å². The van der Waals surface area contributed by atoms with Gasteiger partial charge in [-0.05, 0) is 12.1 Å². The van der Waals surface area contributed by atoms with Crippen molar-refractivity contribution >= 4 is 17.5 Å². The Morgan fingerprint density at radius 1 is 1.33 bits per heavy atom. The Balaban J connectivity index is 1.92. The summed E-state index contributed by atoms with van der Waals surface area (Å²) in [5, 5.41) is 2.72. The first-order valence-electron chi connectivity index (χ1n) is 6.54. The highest BCUT2D eigenvalue weighted by molar-refractivity contribution is 5.94. The van der Waals surface area contributed by atoms with Crippen LogP contribution >= 0.6 is 0 Å². The maximum Gasteiger partial charge on any atom is 0.243 e. The molecule has 1 aliphatic heterocycles. The lowest BCUT2D eigenvalue weighted by Crippen LogP contribution is -2.38. The lowest BCUT2D eigenvalue weighted by atomic mass is 10.2. The van der Waals surface area contributed by atoms with E-state index in [-0.39, 0.29) is 25.2 Å². The van der Waals surface area contributed by atoms with Crippen LogP contribution in [-0.2, 0) is 14.3 Å². The second-order valence-corrected chi connectivity index (χ2v) is 4.55. The summed E-state index contributed by atoms with van der Waals surface area (Å²) < 4.78 is 15.4. The van der Waals surface area contributed by atoms with Crippen molar-refractivity contribution in [1.29, 1.82) is 0 Å². The van der Waals surface area contributed by atoms with Crippen LogP contribution < -0.4 is 14.8 Å². The van der Waals surface area contributed by atoms with E-state index >= 15 is 0 Å².